The largest absolute Gasteiger partial charge is 0.264 e. The molecule has 0 aromatic heterocycles. The van der Waals surface area contributed by atoms with Crippen LogP contribution in [0.2, 0.25) is 0 Å². The van der Waals surface area contributed by atoms with E-state index < -0.39 is 10.0 Å². The standard InChI is InChI=1S/C22H19Br2NO2S/c1-17-10-12-22(13-11-17)28(26,27)25(21-9-5-8-19(23)15-21)16-20(24)14-18-6-3-2-4-7-18/h2-15H,16H2,1H3/b20-14-. The monoisotopic (exact) mass is 519 g/mol. The molecule has 6 heteroatoms. The minimum atomic E-state index is -3.73. The molecule has 0 bridgehead atoms. The molecule has 0 amide bonds. The molecule has 0 heterocycles. The zero-order valence-electron chi connectivity index (χ0n) is 15.2. The molecular formula is C22H19Br2NO2S. The first-order valence-corrected chi connectivity index (χ1v) is 11.6. The second kappa shape index (κ2) is 9.07. The number of hydrogen-bond donors (Lipinski definition) is 0. The van der Waals surface area contributed by atoms with Crippen molar-refractivity contribution in [1.82, 2.24) is 0 Å². The van der Waals surface area contributed by atoms with Gasteiger partial charge < -0.3 is 0 Å². The average molecular weight is 521 g/mol. The highest BCUT2D eigenvalue weighted by molar-refractivity contribution is 9.11. The van der Waals surface area contributed by atoms with Gasteiger partial charge in [0.15, 0.2) is 0 Å². The fourth-order valence-electron chi connectivity index (χ4n) is 2.70. The fraction of sp³-hybridized carbons (Fsp3) is 0.0909. The van der Waals surface area contributed by atoms with Crippen molar-refractivity contribution in [1.29, 1.82) is 0 Å². The first kappa shape index (κ1) is 20.8. The maximum atomic E-state index is 13.4. The zero-order valence-corrected chi connectivity index (χ0v) is 19.2. The van der Waals surface area contributed by atoms with E-state index in [1.54, 1.807) is 36.4 Å². The van der Waals surface area contributed by atoms with E-state index in [0.29, 0.717) is 5.69 Å². The van der Waals surface area contributed by atoms with Gasteiger partial charge in [-0.05, 0) is 48.9 Å². The van der Waals surface area contributed by atoms with Crippen molar-refractivity contribution >= 4 is 53.6 Å². The van der Waals surface area contributed by atoms with Gasteiger partial charge in [0.05, 0.1) is 17.1 Å². The number of nitrogens with zero attached hydrogens (tertiary/aromatic N) is 1. The van der Waals surface area contributed by atoms with Crippen LogP contribution >= 0.6 is 31.9 Å². The molecule has 28 heavy (non-hydrogen) atoms. The highest BCUT2D eigenvalue weighted by Crippen LogP contribution is 2.29. The summed E-state index contributed by atoms with van der Waals surface area (Å²) in [4.78, 5) is 0.262. The van der Waals surface area contributed by atoms with Gasteiger partial charge >= 0.3 is 0 Å². The van der Waals surface area contributed by atoms with E-state index in [1.807, 2.05) is 55.5 Å². The average Bonchev–Trinajstić information content (AvgIpc) is 2.67. The predicted molar refractivity (Wildman–Crippen MR) is 123 cm³/mol. The van der Waals surface area contributed by atoms with Crippen molar-refractivity contribution in [2.75, 3.05) is 10.8 Å². The Morgan fingerprint density at radius 2 is 1.64 bits per heavy atom. The molecule has 0 unspecified atom stereocenters. The van der Waals surface area contributed by atoms with Crippen molar-refractivity contribution < 1.29 is 8.42 Å². The molecule has 0 spiro atoms. The molecule has 3 aromatic rings. The van der Waals surface area contributed by atoms with E-state index in [9.17, 15) is 8.42 Å². The van der Waals surface area contributed by atoms with Crippen molar-refractivity contribution in [3.63, 3.8) is 0 Å². The summed E-state index contributed by atoms with van der Waals surface area (Å²) in [6, 6.07) is 24.0. The second-order valence-electron chi connectivity index (χ2n) is 6.31. The van der Waals surface area contributed by atoms with E-state index in [1.165, 1.54) is 4.31 Å². The lowest BCUT2D eigenvalue weighted by Crippen LogP contribution is -2.32. The molecule has 0 saturated carbocycles. The van der Waals surface area contributed by atoms with Crippen LogP contribution < -0.4 is 4.31 Å². The Hall–Kier alpha value is -1.89. The van der Waals surface area contributed by atoms with Gasteiger partial charge in [0.2, 0.25) is 0 Å². The van der Waals surface area contributed by atoms with Crippen molar-refractivity contribution in [3.05, 3.63) is 98.9 Å². The van der Waals surface area contributed by atoms with Gasteiger partial charge in [0.1, 0.15) is 0 Å². The maximum absolute atomic E-state index is 13.4. The Balaban J connectivity index is 2.02. The molecule has 144 valence electrons. The van der Waals surface area contributed by atoms with Gasteiger partial charge in [-0.1, -0.05) is 86.0 Å². The smallest absolute Gasteiger partial charge is 0.261 e. The lowest BCUT2D eigenvalue weighted by Gasteiger charge is -2.25. The van der Waals surface area contributed by atoms with Crippen LogP contribution in [0.25, 0.3) is 6.08 Å². The van der Waals surface area contributed by atoms with E-state index in [2.05, 4.69) is 31.9 Å². The van der Waals surface area contributed by atoms with Crippen LogP contribution in [0.15, 0.2) is 92.7 Å². The molecule has 0 N–H and O–H groups in total. The van der Waals surface area contributed by atoms with Crippen LogP contribution in [0.1, 0.15) is 11.1 Å². The van der Waals surface area contributed by atoms with Crippen LogP contribution in [0.4, 0.5) is 5.69 Å². The molecule has 0 fully saturated rings. The van der Waals surface area contributed by atoms with Gasteiger partial charge in [0, 0.05) is 8.96 Å². The first-order valence-electron chi connectivity index (χ1n) is 8.62. The van der Waals surface area contributed by atoms with Crippen LogP contribution in [0.3, 0.4) is 0 Å². The predicted octanol–water partition coefficient (Wildman–Crippen LogP) is 6.39. The first-order chi connectivity index (χ1) is 13.4. The molecule has 0 saturated heterocycles. The number of halogens is 2. The molecule has 0 aliphatic rings. The molecular weight excluding hydrogens is 502 g/mol. The van der Waals surface area contributed by atoms with Gasteiger partial charge in [-0.3, -0.25) is 4.31 Å². The third kappa shape index (κ3) is 5.13. The van der Waals surface area contributed by atoms with Gasteiger partial charge in [-0.2, -0.15) is 0 Å². The maximum Gasteiger partial charge on any atom is 0.264 e. The normalized spacial score (nSPS) is 12.0. The second-order valence-corrected chi connectivity index (χ2v) is 10.1. The summed E-state index contributed by atoms with van der Waals surface area (Å²) in [7, 11) is -3.73. The highest BCUT2D eigenvalue weighted by atomic mass is 79.9. The number of anilines is 1. The lowest BCUT2D eigenvalue weighted by atomic mass is 10.2. The summed E-state index contributed by atoms with van der Waals surface area (Å²) in [5.41, 5.74) is 2.60. The van der Waals surface area contributed by atoms with Crippen LogP contribution in [-0.4, -0.2) is 15.0 Å². The number of sulfonamides is 1. The fourth-order valence-corrected chi connectivity index (χ4v) is 5.20. The van der Waals surface area contributed by atoms with E-state index >= 15 is 0 Å². The lowest BCUT2D eigenvalue weighted by molar-refractivity contribution is 0.592. The van der Waals surface area contributed by atoms with Crippen LogP contribution in [-0.2, 0) is 10.0 Å². The van der Waals surface area contributed by atoms with Gasteiger partial charge in [-0.15, -0.1) is 0 Å². The summed E-state index contributed by atoms with van der Waals surface area (Å²) in [6.07, 6.45) is 1.93. The van der Waals surface area contributed by atoms with Crippen LogP contribution in [0, 0.1) is 6.92 Å². The Labute approximate surface area is 183 Å². The van der Waals surface area contributed by atoms with E-state index in [0.717, 1.165) is 20.1 Å². The number of aryl methyl sites for hydroxylation is 1. The molecule has 3 rings (SSSR count). The SMILES string of the molecule is Cc1ccc(S(=O)(=O)N(C/C(Br)=C/c2ccccc2)c2cccc(Br)c2)cc1. The molecule has 0 aliphatic carbocycles. The highest BCUT2D eigenvalue weighted by Gasteiger charge is 2.25. The Morgan fingerprint density at radius 1 is 0.964 bits per heavy atom. The minimum Gasteiger partial charge on any atom is -0.261 e. The van der Waals surface area contributed by atoms with Gasteiger partial charge in [0.25, 0.3) is 10.0 Å². The van der Waals surface area contributed by atoms with Crippen LogP contribution in [0.5, 0.6) is 0 Å². The topological polar surface area (TPSA) is 37.4 Å². The quantitative estimate of drug-likeness (QED) is 0.377. The summed E-state index contributed by atoms with van der Waals surface area (Å²) in [5, 5.41) is 0. The number of rotatable bonds is 6. The Bertz CT molecular complexity index is 1080. The minimum absolute atomic E-state index is 0.182. The molecule has 3 aromatic carbocycles. The summed E-state index contributed by atoms with van der Waals surface area (Å²) in [6.45, 7) is 2.11. The Kier molecular flexibility index (Phi) is 6.75. The third-order valence-corrected chi connectivity index (χ3v) is 6.88. The van der Waals surface area contributed by atoms with Crippen molar-refractivity contribution in [3.8, 4) is 0 Å². The molecule has 3 nitrogen and oxygen atoms in total. The molecule has 0 aliphatic heterocycles. The molecule has 0 radical (unpaired) electrons. The number of benzene rings is 3. The molecule has 0 atom stereocenters. The zero-order chi connectivity index (χ0) is 20.1. The van der Waals surface area contributed by atoms with Crippen molar-refractivity contribution in [2.24, 2.45) is 0 Å². The van der Waals surface area contributed by atoms with E-state index in [-0.39, 0.29) is 11.4 Å². The third-order valence-electron chi connectivity index (χ3n) is 4.12. The summed E-state index contributed by atoms with van der Waals surface area (Å²) in [5.74, 6) is 0. The van der Waals surface area contributed by atoms with E-state index in [4.69, 9.17) is 0 Å². The summed E-state index contributed by atoms with van der Waals surface area (Å²) >= 11 is 6.99. The number of hydrogen-bond acceptors (Lipinski definition) is 2. The Morgan fingerprint density at radius 3 is 2.29 bits per heavy atom. The summed E-state index contributed by atoms with van der Waals surface area (Å²) < 4.78 is 29.8. The van der Waals surface area contributed by atoms with Gasteiger partial charge in [-0.25, -0.2) is 8.42 Å². The van der Waals surface area contributed by atoms with Crippen molar-refractivity contribution in [2.45, 2.75) is 11.8 Å².